The predicted molar refractivity (Wildman–Crippen MR) is 132 cm³/mol. The largest absolute Gasteiger partial charge is 0.384 e. The van der Waals surface area contributed by atoms with Gasteiger partial charge in [-0.2, -0.15) is 0 Å². The van der Waals surface area contributed by atoms with Gasteiger partial charge in [0.25, 0.3) is 0 Å². The smallest absolute Gasteiger partial charge is 0.242 e. The first-order valence-corrected chi connectivity index (χ1v) is 10.5. The van der Waals surface area contributed by atoms with E-state index < -0.39 is 6.04 Å². The van der Waals surface area contributed by atoms with Gasteiger partial charge in [0.2, 0.25) is 11.8 Å². The lowest BCUT2D eigenvalue weighted by molar-refractivity contribution is -0.129. The Balaban J connectivity index is 0.00000256. The second kappa shape index (κ2) is 13.3. The lowest BCUT2D eigenvalue weighted by Crippen LogP contribution is -2.50. The van der Waals surface area contributed by atoms with Gasteiger partial charge in [0, 0.05) is 12.2 Å². The molecule has 7 nitrogen and oxygen atoms in total. The molecule has 5 N–H and O–H groups in total. The Morgan fingerprint density at radius 3 is 2.59 bits per heavy atom. The molecule has 176 valence electrons. The number of nitrogens with zero attached hydrogens (tertiary/aromatic N) is 1. The van der Waals surface area contributed by atoms with Gasteiger partial charge in [-0.1, -0.05) is 36.4 Å². The van der Waals surface area contributed by atoms with E-state index in [1.54, 1.807) is 13.0 Å². The predicted octanol–water partition coefficient (Wildman–Crippen LogP) is 2.55. The Morgan fingerprint density at radius 1 is 1.19 bits per heavy atom. The number of halogens is 2. The van der Waals surface area contributed by atoms with Gasteiger partial charge in [0.15, 0.2) is 0 Å². The van der Waals surface area contributed by atoms with E-state index in [1.807, 2.05) is 19.1 Å². The summed E-state index contributed by atoms with van der Waals surface area (Å²) >= 11 is 0. The Hall–Kier alpha value is -2.35. The molecule has 3 rings (SSSR count). The number of hydrogen-bond donors (Lipinski definition) is 4. The molecule has 0 bridgehead atoms. The van der Waals surface area contributed by atoms with E-state index in [9.17, 15) is 9.59 Å². The highest BCUT2D eigenvalue weighted by molar-refractivity contribution is 5.89. The van der Waals surface area contributed by atoms with E-state index in [2.05, 4.69) is 45.2 Å². The average molecular weight is 482 g/mol. The van der Waals surface area contributed by atoms with Crippen LogP contribution in [-0.2, 0) is 22.6 Å². The van der Waals surface area contributed by atoms with Gasteiger partial charge in [-0.05, 0) is 62.8 Å². The number of carbonyl (C=O) groups is 2. The maximum Gasteiger partial charge on any atom is 0.242 e. The lowest BCUT2D eigenvalue weighted by atomic mass is 9.96. The fourth-order valence-corrected chi connectivity index (χ4v) is 3.76. The van der Waals surface area contributed by atoms with E-state index >= 15 is 0 Å². The molecule has 1 aromatic heterocycles. The number of amides is 2. The lowest BCUT2D eigenvalue weighted by Gasteiger charge is -2.17. The first-order valence-electron chi connectivity index (χ1n) is 10.5. The summed E-state index contributed by atoms with van der Waals surface area (Å²) in [4.78, 5) is 29.1. The molecular weight excluding hydrogens is 449 g/mol. The molecule has 3 atom stereocenters. The monoisotopic (exact) mass is 481 g/mol. The van der Waals surface area contributed by atoms with E-state index in [0.717, 1.165) is 37.1 Å². The minimum absolute atomic E-state index is 0. The van der Waals surface area contributed by atoms with Crippen LogP contribution in [0.4, 0.5) is 5.82 Å². The van der Waals surface area contributed by atoms with Crippen LogP contribution < -0.4 is 21.7 Å². The summed E-state index contributed by atoms with van der Waals surface area (Å²) in [6.07, 6.45) is 2.86. The third-order valence-electron chi connectivity index (χ3n) is 5.64. The van der Waals surface area contributed by atoms with Crippen molar-refractivity contribution in [3.05, 3.63) is 59.3 Å². The number of nitrogen functional groups attached to an aromatic ring is 1. The number of aromatic nitrogens is 1. The second-order valence-electron chi connectivity index (χ2n) is 8.02. The van der Waals surface area contributed by atoms with Crippen molar-refractivity contribution in [2.24, 2.45) is 5.92 Å². The van der Waals surface area contributed by atoms with Crippen molar-refractivity contribution in [2.45, 2.75) is 51.7 Å². The van der Waals surface area contributed by atoms with E-state index in [4.69, 9.17) is 5.73 Å². The van der Waals surface area contributed by atoms with E-state index in [-0.39, 0.29) is 42.7 Å². The normalized spacial score (nSPS) is 18.1. The summed E-state index contributed by atoms with van der Waals surface area (Å²) in [5, 5.41) is 8.97. The van der Waals surface area contributed by atoms with Gasteiger partial charge >= 0.3 is 0 Å². The quantitative estimate of drug-likeness (QED) is 0.463. The molecule has 1 fully saturated rings. The third kappa shape index (κ3) is 7.97. The van der Waals surface area contributed by atoms with Crippen molar-refractivity contribution in [1.82, 2.24) is 20.9 Å². The van der Waals surface area contributed by atoms with Crippen molar-refractivity contribution in [1.29, 1.82) is 0 Å². The molecule has 1 aliphatic heterocycles. The zero-order valence-corrected chi connectivity index (χ0v) is 20.1. The summed E-state index contributed by atoms with van der Waals surface area (Å²) in [7, 11) is 0. The van der Waals surface area contributed by atoms with Crippen LogP contribution in [0.15, 0.2) is 42.5 Å². The fraction of sp³-hybridized carbons (Fsp3) is 0.435. The summed E-state index contributed by atoms with van der Waals surface area (Å²) in [5.41, 5.74) is 8.65. The number of nitrogens with two attached hydrogens (primary N) is 1. The van der Waals surface area contributed by atoms with Gasteiger partial charge in [0.05, 0.1) is 6.04 Å². The van der Waals surface area contributed by atoms with E-state index in [1.165, 1.54) is 5.56 Å². The van der Waals surface area contributed by atoms with Crippen molar-refractivity contribution < 1.29 is 9.59 Å². The molecule has 0 spiro atoms. The number of benzene rings is 1. The molecule has 2 heterocycles. The Morgan fingerprint density at radius 2 is 1.91 bits per heavy atom. The molecule has 9 heteroatoms. The van der Waals surface area contributed by atoms with Crippen LogP contribution in [0, 0.1) is 12.8 Å². The first-order chi connectivity index (χ1) is 14.4. The molecule has 0 unspecified atom stereocenters. The molecule has 0 radical (unpaired) electrons. The zero-order valence-electron chi connectivity index (χ0n) is 18.5. The van der Waals surface area contributed by atoms with Crippen molar-refractivity contribution in [3.63, 3.8) is 0 Å². The summed E-state index contributed by atoms with van der Waals surface area (Å²) in [6, 6.07) is 13.1. The molecule has 1 aliphatic rings. The van der Waals surface area contributed by atoms with Crippen LogP contribution in [0.25, 0.3) is 0 Å². The molecule has 32 heavy (non-hydrogen) atoms. The van der Waals surface area contributed by atoms with Crippen LogP contribution in [0.3, 0.4) is 0 Å². The van der Waals surface area contributed by atoms with Crippen molar-refractivity contribution in [3.8, 4) is 0 Å². The first kappa shape index (κ1) is 27.7. The van der Waals surface area contributed by atoms with Crippen LogP contribution in [0.5, 0.6) is 0 Å². The topological polar surface area (TPSA) is 109 Å². The van der Waals surface area contributed by atoms with Gasteiger partial charge in [-0.3, -0.25) is 9.59 Å². The number of nitrogens with one attached hydrogen (secondary N) is 3. The number of hydrogen-bond acceptors (Lipinski definition) is 5. The molecule has 2 aromatic rings. The van der Waals surface area contributed by atoms with Gasteiger partial charge in [0.1, 0.15) is 11.9 Å². The number of pyridine rings is 1. The average Bonchev–Trinajstić information content (AvgIpc) is 3.21. The third-order valence-corrected chi connectivity index (χ3v) is 5.64. The number of anilines is 1. The SMILES string of the molecule is Cc1nc(N)ccc1CNC(=O)[C@H](C)NC(=O)[C@H]1C[C@@H](CCc2ccccc2)CN1.Cl.Cl. The molecule has 1 saturated heterocycles. The van der Waals surface area contributed by atoms with Crippen LogP contribution in [0.1, 0.15) is 36.6 Å². The summed E-state index contributed by atoms with van der Waals surface area (Å²) in [5.74, 6) is 0.573. The minimum atomic E-state index is -0.607. The second-order valence-corrected chi connectivity index (χ2v) is 8.02. The minimum Gasteiger partial charge on any atom is -0.384 e. The van der Waals surface area contributed by atoms with E-state index in [0.29, 0.717) is 18.3 Å². The standard InChI is InChI=1S/C23H31N5O2.2ClH/c1-15-19(10-11-21(24)27-15)14-26-22(29)16(2)28-23(30)20-12-18(13-25-20)9-8-17-6-4-3-5-7-17;;/h3-7,10-11,16,18,20,25H,8-9,12-14H2,1-2H3,(H2,24,27)(H,26,29)(H,28,30);2*1H/t16-,18+,20+;;/m0../s1. The fourth-order valence-electron chi connectivity index (χ4n) is 3.76. The number of carbonyl (C=O) groups excluding carboxylic acids is 2. The highest BCUT2D eigenvalue weighted by atomic mass is 35.5. The van der Waals surface area contributed by atoms with Gasteiger partial charge in [-0.25, -0.2) is 4.98 Å². The van der Waals surface area contributed by atoms with Crippen molar-refractivity contribution in [2.75, 3.05) is 12.3 Å². The van der Waals surface area contributed by atoms with Gasteiger partial charge in [-0.15, -0.1) is 24.8 Å². The summed E-state index contributed by atoms with van der Waals surface area (Å²) in [6.45, 7) is 4.72. The molecular formula is C23H33Cl2N5O2. The van der Waals surface area contributed by atoms with Crippen molar-refractivity contribution >= 4 is 42.4 Å². The van der Waals surface area contributed by atoms with Crippen LogP contribution >= 0.6 is 24.8 Å². The van der Waals surface area contributed by atoms with Crippen LogP contribution in [-0.4, -0.2) is 35.4 Å². The highest BCUT2D eigenvalue weighted by Crippen LogP contribution is 2.20. The molecule has 1 aromatic carbocycles. The van der Waals surface area contributed by atoms with Gasteiger partial charge < -0.3 is 21.7 Å². The Labute approximate surface area is 202 Å². The Bertz CT molecular complexity index is 882. The highest BCUT2D eigenvalue weighted by Gasteiger charge is 2.30. The maximum absolute atomic E-state index is 12.6. The Kier molecular flexibility index (Phi) is 11.5. The summed E-state index contributed by atoms with van der Waals surface area (Å²) < 4.78 is 0. The number of aryl methyl sites for hydroxylation is 2. The van der Waals surface area contributed by atoms with Crippen LogP contribution in [0.2, 0.25) is 0 Å². The molecule has 0 aliphatic carbocycles. The maximum atomic E-state index is 12.6. The number of rotatable bonds is 8. The molecule has 2 amide bonds. The zero-order chi connectivity index (χ0) is 21.5. The molecule has 0 saturated carbocycles.